The standard InChI is InChI=1S/C20H16ClN3O2/c1-13-2-4-16-14(11-26-19(16)8-13)9-20(25)23-15-3-5-18(17(21)10-15)24-7-6-22-12-24/h2-8,10-12H,9H2,1H3,(H,23,25). The number of carbonyl (C=O) groups excluding carboxylic acids is 1. The molecule has 2 aromatic carbocycles. The lowest BCUT2D eigenvalue weighted by atomic mass is 10.1. The maximum Gasteiger partial charge on any atom is 0.228 e. The van der Waals surface area contributed by atoms with Gasteiger partial charge in [0.1, 0.15) is 5.58 Å². The van der Waals surface area contributed by atoms with Crippen molar-refractivity contribution in [3.05, 3.63) is 77.5 Å². The first-order valence-corrected chi connectivity index (χ1v) is 8.52. The second kappa shape index (κ2) is 6.69. The van der Waals surface area contributed by atoms with Crippen LogP contribution >= 0.6 is 11.6 Å². The number of carbonyl (C=O) groups is 1. The monoisotopic (exact) mass is 365 g/mol. The fraction of sp³-hybridized carbons (Fsp3) is 0.100. The molecular formula is C20H16ClN3O2. The molecule has 0 aliphatic carbocycles. The Hall–Kier alpha value is -3.05. The molecule has 0 spiro atoms. The van der Waals surface area contributed by atoms with Crippen LogP contribution in [0.1, 0.15) is 11.1 Å². The van der Waals surface area contributed by atoms with Crippen molar-refractivity contribution >= 4 is 34.2 Å². The number of hydrogen-bond donors (Lipinski definition) is 1. The van der Waals surface area contributed by atoms with Gasteiger partial charge in [-0.15, -0.1) is 0 Å². The quantitative estimate of drug-likeness (QED) is 0.567. The second-order valence-electron chi connectivity index (χ2n) is 6.12. The van der Waals surface area contributed by atoms with Gasteiger partial charge in [-0.05, 0) is 36.8 Å². The zero-order chi connectivity index (χ0) is 18.1. The predicted octanol–water partition coefficient (Wildman–Crippen LogP) is 4.76. The molecule has 6 heteroatoms. The smallest absolute Gasteiger partial charge is 0.228 e. The van der Waals surface area contributed by atoms with Crippen molar-refractivity contribution in [2.24, 2.45) is 0 Å². The van der Waals surface area contributed by atoms with Crippen LogP contribution < -0.4 is 5.32 Å². The van der Waals surface area contributed by atoms with E-state index in [1.807, 2.05) is 48.0 Å². The highest BCUT2D eigenvalue weighted by molar-refractivity contribution is 6.32. The van der Waals surface area contributed by atoms with E-state index in [-0.39, 0.29) is 12.3 Å². The molecule has 1 amide bonds. The van der Waals surface area contributed by atoms with Crippen LogP contribution in [0.25, 0.3) is 16.7 Å². The molecule has 2 heterocycles. The number of nitrogens with one attached hydrogen (secondary N) is 1. The summed E-state index contributed by atoms with van der Waals surface area (Å²) >= 11 is 6.33. The molecule has 1 N–H and O–H groups in total. The minimum absolute atomic E-state index is 0.125. The van der Waals surface area contributed by atoms with Gasteiger partial charge in [-0.25, -0.2) is 4.98 Å². The Morgan fingerprint density at radius 2 is 2.15 bits per heavy atom. The Balaban J connectivity index is 1.50. The van der Waals surface area contributed by atoms with Crippen LogP contribution in [0.3, 0.4) is 0 Å². The zero-order valence-electron chi connectivity index (χ0n) is 14.1. The molecule has 4 rings (SSSR count). The predicted molar refractivity (Wildman–Crippen MR) is 102 cm³/mol. The van der Waals surface area contributed by atoms with Crippen molar-refractivity contribution in [1.29, 1.82) is 0 Å². The van der Waals surface area contributed by atoms with Gasteiger partial charge in [-0.1, -0.05) is 23.7 Å². The Morgan fingerprint density at radius 3 is 2.92 bits per heavy atom. The van der Waals surface area contributed by atoms with E-state index in [0.717, 1.165) is 27.8 Å². The van der Waals surface area contributed by atoms with Gasteiger partial charge in [0.25, 0.3) is 0 Å². The van der Waals surface area contributed by atoms with Crippen molar-refractivity contribution in [1.82, 2.24) is 9.55 Å². The Bertz CT molecular complexity index is 1080. The number of anilines is 1. The zero-order valence-corrected chi connectivity index (χ0v) is 14.8. The van der Waals surface area contributed by atoms with Crippen LogP contribution in [0.5, 0.6) is 0 Å². The number of nitrogens with zero attached hydrogens (tertiary/aromatic N) is 2. The lowest BCUT2D eigenvalue weighted by Crippen LogP contribution is -2.14. The highest BCUT2D eigenvalue weighted by Crippen LogP contribution is 2.25. The Labute approximate surface area is 155 Å². The summed E-state index contributed by atoms with van der Waals surface area (Å²) in [6, 6.07) is 11.3. The Morgan fingerprint density at radius 1 is 1.27 bits per heavy atom. The van der Waals surface area contributed by atoms with Crippen molar-refractivity contribution < 1.29 is 9.21 Å². The molecule has 0 radical (unpaired) electrons. The first kappa shape index (κ1) is 16.4. The van der Waals surface area contributed by atoms with E-state index in [0.29, 0.717) is 10.7 Å². The van der Waals surface area contributed by atoms with E-state index in [4.69, 9.17) is 16.0 Å². The van der Waals surface area contributed by atoms with Crippen LogP contribution in [-0.4, -0.2) is 15.5 Å². The second-order valence-corrected chi connectivity index (χ2v) is 6.53. The molecule has 5 nitrogen and oxygen atoms in total. The van der Waals surface area contributed by atoms with E-state index in [9.17, 15) is 4.79 Å². The third-order valence-corrected chi connectivity index (χ3v) is 4.48. The first-order chi connectivity index (χ1) is 12.6. The van der Waals surface area contributed by atoms with Gasteiger partial charge in [0.2, 0.25) is 5.91 Å². The minimum atomic E-state index is -0.125. The number of amides is 1. The summed E-state index contributed by atoms with van der Waals surface area (Å²) in [6.45, 7) is 2.01. The summed E-state index contributed by atoms with van der Waals surface area (Å²) in [7, 11) is 0. The lowest BCUT2D eigenvalue weighted by Gasteiger charge is -2.09. The average molecular weight is 366 g/mol. The number of aromatic nitrogens is 2. The minimum Gasteiger partial charge on any atom is -0.464 e. The molecule has 4 aromatic rings. The molecule has 0 aliphatic heterocycles. The maximum atomic E-state index is 12.4. The van der Waals surface area contributed by atoms with Gasteiger partial charge >= 0.3 is 0 Å². The molecule has 0 unspecified atom stereocenters. The lowest BCUT2D eigenvalue weighted by molar-refractivity contribution is -0.115. The van der Waals surface area contributed by atoms with Crippen LogP contribution in [-0.2, 0) is 11.2 Å². The SMILES string of the molecule is Cc1ccc2c(CC(=O)Nc3ccc(-n4ccnc4)c(Cl)c3)coc2c1. The number of furan rings is 1. The summed E-state index contributed by atoms with van der Waals surface area (Å²) in [5.74, 6) is -0.125. The van der Waals surface area contributed by atoms with Crippen molar-refractivity contribution in [3.8, 4) is 5.69 Å². The van der Waals surface area contributed by atoms with E-state index in [1.54, 1.807) is 24.9 Å². The molecule has 130 valence electrons. The van der Waals surface area contributed by atoms with E-state index in [2.05, 4.69) is 10.3 Å². The summed E-state index contributed by atoms with van der Waals surface area (Å²) in [5, 5.41) is 4.37. The fourth-order valence-electron chi connectivity index (χ4n) is 2.90. The van der Waals surface area contributed by atoms with Crippen molar-refractivity contribution in [2.75, 3.05) is 5.32 Å². The van der Waals surface area contributed by atoms with E-state index >= 15 is 0 Å². The molecular weight excluding hydrogens is 350 g/mol. The maximum absolute atomic E-state index is 12.4. The molecule has 0 atom stereocenters. The number of fused-ring (bicyclic) bond motifs is 1. The molecule has 0 saturated heterocycles. The van der Waals surface area contributed by atoms with Gasteiger partial charge in [-0.2, -0.15) is 0 Å². The van der Waals surface area contributed by atoms with Gasteiger partial charge in [0, 0.05) is 29.0 Å². The number of benzene rings is 2. The molecule has 0 fully saturated rings. The molecule has 0 bridgehead atoms. The van der Waals surface area contributed by atoms with E-state index < -0.39 is 0 Å². The summed E-state index contributed by atoms with van der Waals surface area (Å²) in [5.41, 5.74) is 4.22. The van der Waals surface area contributed by atoms with Gasteiger partial charge in [-0.3, -0.25) is 4.79 Å². The first-order valence-electron chi connectivity index (χ1n) is 8.14. The highest BCUT2D eigenvalue weighted by atomic mass is 35.5. The molecule has 26 heavy (non-hydrogen) atoms. The summed E-state index contributed by atoms with van der Waals surface area (Å²) < 4.78 is 7.36. The fourth-order valence-corrected chi connectivity index (χ4v) is 3.18. The van der Waals surface area contributed by atoms with Crippen LogP contribution in [0.15, 0.2) is 65.8 Å². The van der Waals surface area contributed by atoms with Crippen molar-refractivity contribution in [2.45, 2.75) is 13.3 Å². The van der Waals surface area contributed by atoms with Crippen molar-refractivity contribution in [3.63, 3.8) is 0 Å². The number of aryl methyl sites for hydroxylation is 1. The third-order valence-electron chi connectivity index (χ3n) is 4.18. The number of hydrogen-bond acceptors (Lipinski definition) is 3. The topological polar surface area (TPSA) is 60.1 Å². The normalized spacial score (nSPS) is 11.0. The Kier molecular flexibility index (Phi) is 4.22. The number of halogens is 1. The highest BCUT2D eigenvalue weighted by Gasteiger charge is 2.12. The van der Waals surface area contributed by atoms with Crippen LogP contribution in [0.4, 0.5) is 5.69 Å². The average Bonchev–Trinajstić information content (AvgIpc) is 3.25. The molecule has 2 aromatic heterocycles. The molecule has 0 saturated carbocycles. The summed E-state index contributed by atoms with van der Waals surface area (Å²) in [4.78, 5) is 16.4. The molecule has 0 aliphatic rings. The van der Waals surface area contributed by atoms with Gasteiger partial charge < -0.3 is 14.3 Å². The van der Waals surface area contributed by atoms with Gasteiger partial charge in [0.15, 0.2) is 0 Å². The van der Waals surface area contributed by atoms with Gasteiger partial charge in [0.05, 0.1) is 29.7 Å². The number of imidazole rings is 1. The summed E-state index contributed by atoms with van der Waals surface area (Å²) in [6.07, 6.45) is 7.04. The largest absolute Gasteiger partial charge is 0.464 e. The van der Waals surface area contributed by atoms with E-state index in [1.165, 1.54) is 0 Å². The number of rotatable bonds is 4. The third kappa shape index (κ3) is 3.21. The van der Waals surface area contributed by atoms with Crippen LogP contribution in [0.2, 0.25) is 5.02 Å². The van der Waals surface area contributed by atoms with Crippen LogP contribution in [0, 0.1) is 6.92 Å².